The lowest BCUT2D eigenvalue weighted by molar-refractivity contribution is 0.326. The molecular formula is C15H22N2. The first-order valence-electron chi connectivity index (χ1n) is 6.30. The minimum atomic E-state index is 0.209. The lowest BCUT2D eigenvalue weighted by atomic mass is 9.75. The second-order valence-corrected chi connectivity index (χ2v) is 5.20. The molecule has 0 aromatic rings. The van der Waals surface area contributed by atoms with Crippen LogP contribution in [0.15, 0.2) is 47.2 Å². The molecule has 0 bridgehead atoms. The quantitative estimate of drug-likeness (QED) is 0.701. The smallest absolute Gasteiger partial charge is 0.0847 e. The maximum absolute atomic E-state index is 6.07. The fraction of sp³-hybridized carbons (Fsp3) is 0.467. The van der Waals surface area contributed by atoms with E-state index in [4.69, 9.17) is 5.84 Å². The van der Waals surface area contributed by atoms with E-state index in [-0.39, 0.29) is 6.04 Å². The zero-order chi connectivity index (χ0) is 12.6. The first-order valence-corrected chi connectivity index (χ1v) is 6.30. The summed E-state index contributed by atoms with van der Waals surface area (Å²) < 4.78 is 0. The van der Waals surface area contributed by atoms with E-state index in [2.05, 4.69) is 45.9 Å². The molecule has 0 fully saturated rings. The van der Waals surface area contributed by atoms with Crippen LogP contribution in [0, 0.1) is 11.8 Å². The Labute approximate surface area is 104 Å². The summed E-state index contributed by atoms with van der Waals surface area (Å²) in [5, 5.41) is 1.81. The third-order valence-electron chi connectivity index (χ3n) is 4.12. The Morgan fingerprint density at radius 2 is 1.88 bits per heavy atom. The second kappa shape index (κ2) is 4.53. The van der Waals surface area contributed by atoms with E-state index in [9.17, 15) is 0 Å². The molecule has 2 rings (SSSR count). The Morgan fingerprint density at radius 1 is 1.18 bits per heavy atom. The van der Waals surface area contributed by atoms with E-state index in [1.807, 2.05) is 12.3 Å². The van der Waals surface area contributed by atoms with Gasteiger partial charge in [-0.1, -0.05) is 37.6 Å². The number of nitrogens with two attached hydrogens (primary N) is 1. The maximum Gasteiger partial charge on any atom is 0.0847 e. The molecule has 0 spiro atoms. The molecule has 0 saturated carbocycles. The van der Waals surface area contributed by atoms with Gasteiger partial charge in [0.15, 0.2) is 0 Å². The van der Waals surface area contributed by atoms with Crippen molar-refractivity contribution < 1.29 is 0 Å². The molecule has 2 aliphatic rings. The van der Waals surface area contributed by atoms with Gasteiger partial charge in [0.1, 0.15) is 0 Å². The SMILES string of the molecule is CC1=CC(C)C(C)C([C@H]2C=CC=CN2N)=C1C. The van der Waals surface area contributed by atoms with Gasteiger partial charge < -0.3 is 5.01 Å². The van der Waals surface area contributed by atoms with Crippen LogP contribution in [0.1, 0.15) is 27.7 Å². The Hall–Kier alpha value is -1.28. The molecule has 0 aromatic heterocycles. The first kappa shape index (κ1) is 12.2. The molecule has 0 aromatic carbocycles. The van der Waals surface area contributed by atoms with Crippen LogP contribution in [0.4, 0.5) is 0 Å². The molecule has 2 N–H and O–H groups in total. The van der Waals surface area contributed by atoms with Crippen LogP contribution < -0.4 is 5.84 Å². The predicted octanol–water partition coefficient (Wildman–Crippen LogP) is 3.16. The number of nitrogens with zero attached hydrogens (tertiary/aromatic N) is 1. The zero-order valence-electron chi connectivity index (χ0n) is 11.1. The molecule has 0 saturated heterocycles. The lowest BCUT2D eigenvalue weighted by Gasteiger charge is -2.37. The molecule has 92 valence electrons. The highest BCUT2D eigenvalue weighted by Crippen LogP contribution is 2.37. The summed E-state index contributed by atoms with van der Waals surface area (Å²) in [4.78, 5) is 0. The molecular weight excluding hydrogens is 208 g/mol. The molecule has 17 heavy (non-hydrogen) atoms. The highest BCUT2D eigenvalue weighted by Gasteiger charge is 2.29. The zero-order valence-corrected chi connectivity index (χ0v) is 11.1. The highest BCUT2D eigenvalue weighted by molar-refractivity contribution is 5.43. The number of allylic oxidation sites excluding steroid dienone is 5. The average molecular weight is 230 g/mol. The Bertz CT molecular complexity index is 426. The van der Waals surface area contributed by atoms with Crippen LogP contribution in [0.5, 0.6) is 0 Å². The van der Waals surface area contributed by atoms with Gasteiger partial charge >= 0.3 is 0 Å². The van der Waals surface area contributed by atoms with Crippen molar-refractivity contribution >= 4 is 0 Å². The lowest BCUT2D eigenvalue weighted by Crippen LogP contribution is -2.41. The highest BCUT2D eigenvalue weighted by atomic mass is 15.4. The molecule has 0 amide bonds. The van der Waals surface area contributed by atoms with Gasteiger partial charge in [-0.15, -0.1) is 0 Å². The molecule has 1 aliphatic carbocycles. The van der Waals surface area contributed by atoms with Crippen molar-refractivity contribution in [1.82, 2.24) is 5.01 Å². The second-order valence-electron chi connectivity index (χ2n) is 5.20. The summed E-state index contributed by atoms with van der Waals surface area (Å²) in [5.41, 5.74) is 4.25. The normalized spacial score (nSPS) is 33.1. The van der Waals surface area contributed by atoms with E-state index < -0.39 is 0 Å². The van der Waals surface area contributed by atoms with Crippen molar-refractivity contribution in [3.05, 3.63) is 47.2 Å². The van der Waals surface area contributed by atoms with Crippen LogP contribution >= 0.6 is 0 Å². The van der Waals surface area contributed by atoms with E-state index in [0.717, 1.165) is 0 Å². The standard InChI is InChI=1S/C15H22N2/c1-10-9-11(2)13(4)15(12(10)3)14-7-5-6-8-17(14)16/h5-10,12,14H,16H2,1-4H3/t10?,12?,14-/m1/s1. The largest absolute Gasteiger partial charge is 0.307 e. The number of rotatable bonds is 1. The summed E-state index contributed by atoms with van der Waals surface area (Å²) in [6, 6.07) is 0.209. The molecule has 3 atom stereocenters. The minimum Gasteiger partial charge on any atom is -0.307 e. The molecule has 1 aliphatic heterocycles. The van der Waals surface area contributed by atoms with E-state index in [0.29, 0.717) is 11.8 Å². The Balaban J connectivity index is 2.41. The van der Waals surface area contributed by atoms with Crippen molar-refractivity contribution in [2.24, 2.45) is 17.7 Å². The number of hydrazine groups is 1. The Kier molecular flexibility index (Phi) is 3.25. The topological polar surface area (TPSA) is 29.3 Å². The fourth-order valence-electron chi connectivity index (χ4n) is 2.78. The molecule has 1 heterocycles. The summed E-state index contributed by atoms with van der Waals surface area (Å²) in [5.74, 6) is 7.20. The fourth-order valence-corrected chi connectivity index (χ4v) is 2.78. The number of hydrogen-bond donors (Lipinski definition) is 1. The van der Waals surface area contributed by atoms with Gasteiger partial charge in [0.2, 0.25) is 0 Å². The monoisotopic (exact) mass is 230 g/mol. The van der Waals surface area contributed by atoms with Gasteiger partial charge in [0, 0.05) is 6.20 Å². The van der Waals surface area contributed by atoms with Gasteiger partial charge in [-0.05, 0) is 42.9 Å². The first-order chi connectivity index (χ1) is 8.02. The summed E-state index contributed by atoms with van der Waals surface area (Å²) in [7, 11) is 0. The molecule has 2 unspecified atom stereocenters. The molecule has 0 radical (unpaired) electrons. The molecule has 2 nitrogen and oxygen atoms in total. The summed E-state index contributed by atoms with van der Waals surface area (Å²) in [6.07, 6.45) is 10.6. The van der Waals surface area contributed by atoms with Crippen LogP contribution in [0.3, 0.4) is 0 Å². The molecule has 2 heteroatoms. The predicted molar refractivity (Wildman–Crippen MR) is 72.9 cm³/mol. The third-order valence-corrected chi connectivity index (χ3v) is 4.12. The maximum atomic E-state index is 6.07. The van der Waals surface area contributed by atoms with Crippen LogP contribution in [-0.4, -0.2) is 11.1 Å². The van der Waals surface area contributed by atoms with E-state index in [1.165, 1.54) is 16.7 Å². The number of hydrogen-bond acceptors (Lipinski definition) is 2. The van der Waals surface area contributed by atoms with Gasteiger partial charge in [-0.2, -0.15) is 0 Å². The van der Waals surface area contributed by atoms with Crippen molar-refractivity contribution in [1.29, 1.82) is 0 Å². The van der Waals surface area contributed by atoms with Gasteiger partial charge in [0.05, 0.1) is 6.04 Å². The van der Waals surface area contributed by atoms with Crippen molar-refractivity contribution in [2.75, 3.05) is 0 Å². The van der Waals surface area contributed by atoms with Crippen LogP contribution in [0.2, 0.25) is 0 Å². The van der Waals surface area contributed by atoms with Gasteiger partial charge in [0.25, 0.3) is 0 Å². The summed E-state index contributed by atoms with van der Waals surface area (Å²) >= 11 is 0. The average Bonchev–Trinajstić information content (AvgIpc) is 2.29. The van der Waals surface area contributed by atoms with Crippen molar-refractivity contribution in [3.8, 4) is 0 Å². The van der Waals surface area contributed by atoms with Crippen molar-refractivity contribution in [3.63, 3.8) is 0 Å². The Morgan fingerprint density at radius 3 is 2.53 bits per heavy atom. The van der Waals surface area contributed by atoms with Gasteiger partial charge in [-0.25, -0.2) is 5.84 Å². The van der Waals surface area contributed by atoms with Crippen LogP contribution in [0.25, 0.3) is 0 Å². The van der Waals surface area contributed by atoms with Crippen molar-refractivity contribution in [2.45, 2.75) is 33.7 Å². The van der Waals surface area contributed by atoms with E-state index >= 15 is 0 Å². The van der Waals surface area contributed by atoms with E-state index in [1.54, 1.807) is 5.01 Å². The third kappa shape index (κ3) is 2.09. The minimum absolute atomic E-state index is 0.209. The van der Waals surface area contributed by atoms with Crippen LogP contribution in [-0.2, 0) is 0 Å². The summed E-state index contributed by atoms with van der Waals surface area (Å²) in [6.45, 7) is 8.99. The van der Waals surface area contributed by atoms with Gasteiger partial charge in [-0.3, -0.25) is 0 Å².